The summed E-state index contributed by atoms with van der Waals surface area (Å²) in [5.74, 6) is -1.15. The number of fused-ring (bicyclic) bond motifs is 1. The number of hydrogen-bond acceptors (Lipinski definition) is 5. The molecule has 1 amide bonds. The van der Waals surface area contributed by atoms with Crippen LogP contribution >= 0.6 is 0 Å². The fourth-order valence-electron chi connectivity index (χ4n) is 2.84. The van der Waals surface area contributed by atoms with Crippen molar-refractivity contribution >= 4 is 28.5 Å². The van der Waals surface area contributed by atoms with Gasteiger partial charge in [-0.25, -0.2) is 0 Å². The largest absolute Gasteiger partial charge is 0.392 e. The van der Waals surface area contributed by atoms with Crippen LogP contribution in [-0.4, -0.2) is 21.5 Å². The van der Waals surface area contributed by atoms with E-state index in [1.165, 1.54) is 0 Å². The summed E-state index contributed by atoms with van der Waals surface area (Å²) < 4.78 is 1.97. The van der Waals surface area contributed by atoms with Crippen LogP contribution in [0.15, 0.2) is 71.2 Å². The standard InChI is InChI=1S/C19H21N7O2.C2H6/c20-16(17(21)28)18(25-19(22)23)24-14-5-2-6-15-13(14)7-8-26(15)12-4-1-3-11(9-12)10-27;1-2/h1-9,24,27H,10,20H2,(H2,21,28)(H4,22,23,25);1-2H3/b18-16-;. The molecular formula is C21H27N7O2. The van der Waals surface area contributed by atoms with Crippen molar-refractivity contribution in [2.75, 3.05) is 5.32 Å². The van der Waals surface area contributed by atoms with Crippen molar-refractivity contribution in [3.05, 3.63) is 71.8 Å². The molecule has 0 fully saturated rings. The van der Waals surface area contributed by atoms with E-state index in [1.807, 2.05) is 67.1 Å². The van der Waals surface area contributed by atoms with E-state index in [-0.39, 0.29) is 24.1 Å². The number of benzene rings is 2. The van der Waals surface area contributed by atoms with Gasteiger partial charge in [0.2, 0.25) is 0 Å². The topological polar surface area (TPSA) is 171 Å². The minimum atomic E-state index is -0.849. The van der Waals surface area contributed by atoms with Gasteiger partial charge in [-0.1, -0.05) is 32.0 Å². The summed E-state index contributed by atoms with van der Waals surface area (Å²) in [6, 6.07) is 15.0. The van der Waals surface area contributed by atoms with Crippen LogP contribution in [0, 0.1) is 0 Å². The third-order valence-electron chi connectivity index (χ3n) is 4.12. The maximum Gasteiger partial charge on any atom is 0.268 e. The lowest BCUT2D eigenvalue weighted by Gasteiger charge is -2.12. The van der Waals surface area contributed by atoms with Crippen LogP contribution in [0.2, 0.25) is 0 Å². The maximum absolute atomic E-state index is 11.4. The number of anilines is 1. The molecule has 0 saturated carbocycles. The number of aliphatic imine (C=N–C) groups is 1. The van der Waals surface area contributed by atoms with Gasteiger partial charge in [-0.15, -0.1) is 0 Å². The van der Waals surface area contributed by atoms with Crippen LogP contribution in [0.25, 0.3) is 16.6 Å². The van der Waals surface area contributed by atoms with Gasteiger partial charge in [0.25, 0.3) is 5.91 Å². The van der Waals surface area contributed by atoms with Crippen LogP contribution < -0.4 is 28.3 Å². The van der Waals surface area contributed by atoms with Gasteiger partial charge in [-0.3, -0.25) is 4.79 Å². The lowest BCUT2D eigenvalue weighted by atomic mass is 10.2. The molecule has 0 atom stereocenters. The highest BCUT2D eigenvalue weighted by Gasteiger charge is 2.13. The van der Waals surface area contributed by atoms with E-state index in [9.17, 15) is 9.90 Å². The first kappa shape index (κ1) is 22.3. The van der Waals surface area contributed by atoms with Gasteiger partial charge in [0.15, 0.2) is 11.8 Å². The number of carbonyl (C=O) groups excluding carboxylic acids is 1. The maximum atomic E-state index is 11.4. The molecule has 1 heterocycles. The fraction of sp³-hybridized carbons (Fsp3) is 0.143. The molecule has 0 saturated heterocycles. The summed E-state index contributed by atoms with van der Waals surface area (Å²) in [4.78, 5) is 15.3. The Balaban J connectivity index is 0.00000155. The molecule has 0 bridgehead atoms. The van der Waals surface area contributed by atoms with Crippen LogP contribution in [0.3, 0.4) is 0 Å². The summed E-state index contributed by atoms with van der Waals surface area (Å²) in [7, 11) is 0. The zero-order valence-electron chi connectivity index (χ0n) is 17.0. The minimum Gasteiger partial charge on any atom is -0.392 e. The molecule has 0 aliphatic heterocycles. The first-order valence-corrected chi connectivity index (χ1v) is 9.37. The van der Waals surface area contributed by atoms with Gasteiger partial charge >= 0.3 is 0 Å². The van der Waals surface area contributed by atoms with Crippen molar-refractivity contribution in [1.29, 1.82) is 0 Å². The Morgan fingerprint density at radius 2 is 1.77 bits per heavy atom. The second-order valence-corrected chi connectivity index (χ2v) is 6.04. The zero-order chi connectivity index (χ0) is 22.3. The van der Waals surface area contributed by atoms with Gasteiger partial charge in [-0.05, 0) is 35.9 Å². The van der Waals surface area contributed by atoms with Crippen LogP contribution in [0.1, 0.15) is 19.4 Å². The number of aliphatic hydroxyl groups excluding tert-OH is 1. The van der Waals surface area contributed by atoms with Gasteiger partial charge in [0, 0.05) is 23.0 Å². The predicted molar refractivity (Wildman–Crippen MR) is 120 cm³/mol. The number of rotatable bonds is 6. The Bertz CT molecular complexity index is 1100. The van der Waals surface area contributed by atoms with Gasteiger partial charge in [0.05, 0.1) is 12.1 Å². The second-order valence-electron chi connectivity index (χ2n) is 6.04. The van der Waals surface area contributed by atoms with Gasteiger partial charge in [0.1, 0.15) is 5.70 Å². The average Bonchev–Trinajstić information content (AvgIpc) is 3.19. The molecular weight excluding hydrogens is 382 g/mol. The molecule has 158 valence electrons. The highest BCUT2D eigenvalue weighted by atomic mass is 16.3. The van der Waals surface area contributed by atoms with Crippen molar-refractivity contribution in [1.82, 2.24) is 4.57 Å². The lowest BCUT2D eigenvalue weighted by Crippen LogP contribution is -2.27. The van der Waals surface area contributed by atoms with Gasteiger partial charge in [-0.2, -0.15) is 4.99 Å². The number of aromatic nitrogens is 1. The molecule has 0 aliphatic carbocycles. The molecule has 0 spiro atoms. The Morgan fingerprint density at radius 3 is 2.40 bits per heavy atom. The lowest BCUT2D eigenvalue weighted by molar-refractivity contribution is -0.114. The van der Waals surface area contributed by atoms with Crippen molar-refractivity contribution in [3.8, 4) is 5.69 Å². The molecule has 9 nitrogen and oxygen atoms in total. The number of hydrogen-bond donors (Lipinski definition) is 6. The van der Waals surface area contributed by atoms with E-state index >= 15 is 0 Å². The van der Waals surface area contributed by atoms with Gasteiger partial charge < -0.3 is 37.9 Å². The Hall–Kier alpha value is -3.98. The van der Waals surface area contributed by atoms with Crippen molar-refractivity contribution < 1.29 is 9.90 Å². The average molecular weight is 409 g/mol. The first-order chi connectivity index (χ1) is 14.4. The number of primary amides is 1. The number of guanidine groups is 1. The van der Waals surface area contributed by atoms with E-state index in [2.05, 4.69) is 10.3 Å². The Kier molecular flexibility index (Phi) is 7.43. The highest BCUT2D eigenvalue weighted by molar-refractivity contribution is 5.96. The summed E-state index contributed by atoms with van der Waals surface area (Å²) in [5.41, 5.74) is 24.8. The predicted octanol–water partition coefficient (Wildman–Crippen LogP) is 1.45. The second kappa shape index (κ2) is 9.99. The third-order valence-corrected chi connectivity index (χ3v) is 4.12. The SMILES string of the molecule is CC.NC(=O)/C(N)=C(/N=C(N)N)Nc1cccc2c1ccn2-c1cccc(CO)c1. The van der Waals surface area contributed by atoms with Crippen molar-refractivity contribution in [3.63, 3.8) is 0 Å². The Morgan fingerprint density at radius 1 is 1.07 bits per heavy atom. The molecule has 10 N–H and O–H groups in total. The Labute approximate surface area is 174 Å². The van der Waals surface area contributed by atoms with E-state index in [0.717, 1.165) is 22.2 Å². The molecule has 3 rings (SSSR count). The van der Waals surface area contributed by atoms with Crippen LogP contribution in [-0.2, 0) is 11.4 Å². The molecule has 3 aromatic rings. The molecule has 2 aromatic carbocycles. The molecule has 0 radical (unpaired) electrons. The summed E-state index contributed by atoms with van der Waals surface area (Å²) in [5, 5.41) is 13.2. The van der Waals surface area contributed by atoms with E-state index in [1.54, 1.807) is 6.07 Å². The smallest absolute Gasteiger partial charge is 0.268 e. The number of nitrogens with one attached hydrogen (secondary N) is 1. The molecule has 0 aliphatic rings. The van der Waals surface area contributed by atoms with E-state index in [0.29, 0.717) is 5.69 Å². The van der Waals surface area contributed by atoms with Crippen LogP contribution in [0.5, 0.6) is 0 Å². The molecule has 9 heteroatoms. The highest BCUT2D eigenvalue weighted by Crippen LogP contribution is 2.28. The fourth-order valence-corrected chi connectivity index (χ4v) is 2.84. The number of carbonyl (C=O) groups is 1. The third kappa shape index (κ3) is 4.89. The monoisotopic (exact) mass is 409 g/mol. The number of aliphatic hydroxyl groups is 1. The quantitative estimate of drug-likeness (QED) is 0.204. The number of amides is 1. The van der Waals surface area contributed by atoms with E-state index in [4.69, 9.17) is 22.9 Å². The molecule has 0 unspecified atom stereocenters. The number of nitrogens with zero attached hydrogens (tertiary/aromatic N) is 2. The summed E-state index contributed by atoms with van der Waals surface area (Å²) in [6.07, 6.45) is 1.90. The summed E-state index contributed by atoms with van der Waals surface area (Å²) in [6.45, 7) is 3.96. The first-order valence-electron chi connectivity index (χ1n) is 9.37. The van der Waals surface area contributed by atoms with E-state index < -0.39 is 5.91 Å². The van der Waals surface area contributed by atoms with Crippen LogP contribution in [0.4, 0.5) is 5.69 Å². The molecule has 30 heavy (non-hydrogen) atoms. The summed E-state index contributed by atoms with van der Waals surface area (Å²) >= 11 is 0. The zero-order valence-corrected chi connectivity index (χ0v) is 17.0. The van der Waals surface area contributed by atoms with Crippen molar-refractivity contribution in [2.24, 2.45) is 27.9 Å². The normalized spacial score (nSPS) is 11.2. The van der Waals surface area contributed by atoms with Crippen molar-refractivity contribution in [2.45, 2.75) is 20.5 Å². The molecule has 1 aromatic heterocycles. The minimum absolute atomic E-state index is 0.0324. The number of nitrogens with two attached hydrogens (primary N) is 4.